The number of carbonyl (C=O) groups is 1. The molecular weight excluding hydrogens is 268 g/mol. The van der Waals surface area contributed by atoms with Gasteiger partial charge in [-0.15, -0.1) is 0 Å². The van der Waals surface area contributed by atoms with Gasteiger partial charge in [-0.25, -0.2) is 14.8 Å². The van der Waals surface area contributed by atoms with Gasteiger partial charge in [0.1, 0.15) is 0 Å². The standard InChI is InChI=1S/C15H22N4O2/c1-11(2)12(18(3)15(20)21)7-5-9-19-10-17-14-13(19)6-4-8-16-14/h4,6,8,10-12H,5,7,9H2,1-3H3,(H,20,21). The first kappa shape index (κ1) is 15.3. The van der Waals surface area contributed by atoms with Crippen molar-refractivity contribution in [2.75, 3.05) is 7.05 Å². The summed E-state index contributed by atoms with van der Waals surface area (Å²) in [6.07, 6.45) is 4.39. The third-order valence-electron chi connectivity index (χ3n) is 3.86. The summed E-state index contributed by atoms with van der Waals surface area (Å²) in [5, 5.41) is 9.13. The summed E-state index contributed by atoms with van der Waals surface area (Å²) in [6, 6.07) is 3.93. The summed E-state index contributed by atoms with van der Waals surface area (Å²) < 4.78 is 2.07. The fourth-order valence-corrected chi connectivity index (χ4v) is 2.66. The maximum atomic E-state index is 11.1. The number of imidazole rings is 1. The van der Waals surface area contributed by atoms with Crippen LogP contribution in [0, 0.1) is 5.92 Å². The lowest BCUT2D eigenvalue weighted by Gasteiger charge is -2.29. The van der Waals surface area contributed by atoms with E-state index in [0.29, 0.717) is 5.92 Å². The Morgan fingerprint density at radius 2 is 2.19 bits per heavy atom. The van der Waals surface area contributed by atoms with Crippen LogP contribution < -0.4 is 0 Å². The Balaban J connectivity index is 1.97. The number of rotatable bonds is 6. The summed E-state index contributed by atoms with van der Waals surface area (Å²) in [5.41, 5.74) is 1.77. The van der Waals surface area contributed by atoms with Crippen LogP contribution in [0.2, 0.25) is 0 Å². The highest BCUT2D eigenvalue weighted by molar-refractivity contribution is 5.70. The Hall–Kier alpha value is -2.11. The van der Waals surface area contributed by atoms with Gasteiger partial charge in [0, 0.05) is 25.8 Å². The molecule has 0 saturated heterocycles. The lowest BCUT2D eigenvalue weighted by molar-refractivity contribution is 0.121. The molecule has 2 aromatic heterocycles. The molecule has 0 aliphatic carbocycles. The largest absolute Gasteiger partial charge is 0.465 e. The predicted molar refractivity (Wildman–Crippen MR) is 81.2 cm³/mol. The SMILES string of the molecule is CC(C)C(CCCn1cnc2ncccc21)N(C)C(=O)O. The maximum Gasteiger partial charge on any atom is 0.407 e. The van der Waals surface area contributed by atoms with Crippen LogP contribution in [0.4, 0.5) is 4.79 Å². The zero-order valence-corrected chi connectivity index (χ0v) is 12.7. The van der Waals surface area contributed by atoms with Crippen LogP contribution in [-0.4, -0.2) is 43.7 Å². The summed E-state index contributed by atoms with van der Waals surface area (Å²) >= 11 is 0. The Morgan fingerprint density at radius 3 is 2.86 bits per heavy atom. The molecule has 0 saturated carbocycles. The Bertz CT molecular complexity index is 608. The number of aromatic nitrogens is 3. The van der Waals surface area contributed by atoms with Crippen molar-refractivity contribution in [2.45, 2.75) is 39.3 Å². The smallest absolute Gasteiger partial charge is 0.407 e. The molecule has 114 valence electrons. The van der Waals surface area contributed by atoms with E-state index in [1.54, 1.807) is 19.6 Å². The summed E-state index contributed by atoms with van der Waals surface area (Å²) in [5.74, 6) is 0.298. The summed E-state index contributed by atoms with van der Waals surface area (Å²) in [7, 11) is 1.64. The molecule has 0 bridgehead atoms. The number of nitrogens with zero attached hydrogens (tertiary/aromatic N) is 4. The normalized spacial score (nSPS) is 12.8. The molecule has 0 fully saturated rings. The Kier molecular flexibility index (Phi) is 4.77. The van der Waals surface area contributed by atoms with Gasteiger partial charge in [0.05, 0.1) is 11.8 Å². The first-order chi connectivity index (χ1) is 10.0. The first-order valence-electron chi connectivity index (χ1n) is 7.22. The number of hydrogen-bond acceptors (Lipinski definition) is 3. The van der Waals surface area contributed by atoms with Gasteiger partial charge in [0.15, 0.2) is 5.65 Å². The van der Waals surface area contributed by atoms with Crippen LogP contribution in [0.3, 0.4) is 0 Å². The van der Waals surface area contributed by atoms with Crippen LogP contribution in [0.15, 0.2) is 24.7 Å². The molecular formula is C15H22N4O2. The topological polar surface area (TPSA) is 71.2 Å². The van der Waals surface area contributed by atoms with Gasteiger partial charge in [0.2, 0.25) is 0 Å². The second kappa shape index (κ2) is 6.56. The lowest BCUT2D eigenvalue weighted by Crippen LogP contribution is -2.39. The van der Waals surface area contributed by atoms with Crippen molar-refractivity contribution in [3.8, 4) is 0 Å². The highest BCUT2D eigenvalue weighted by Crippen LogP contribution is 2.17. The van der Waals surface area contributed by atoms with Crippen molar-refractivity contribution < 1.29 is 9.90 Å². The van der Waals surface area contributed by atoms with Crippen LogP contribution in [0.1, 0.15) is 26.7 Å². The van der Waals surface area contributed by atoms with E-state index in [1.165, 1.54) is 4.90 Å². The van der Waals surface area contributed by atoms with Gasteiger partial charge in [-0.1, -0.05) is 13.8 Å². The van der Waals surface area contributed by atoms with Gasteiger partial charge in [-0.3, -0.25) is 0 Å². The molecule has 0 aliphatic heterocycles. The molecule has 21 heavy (non-hydrogen) atoms. The molecule has 0 spiro atoms. The van der Waals surface area contributed by atoms with E-state index < -0.39 is 6.09 Å². The van der Waals surface area contributed by atoms with Crippen molar-refractivity contribution in [1.82, 2.24) is 19.4 Å². The number of carboxylic acid groups (broad SMARTS) is 1. The average Bonchev–Trinajstić information content (AvgIpc) is 2.86. The molecule has 2 rings (SSSR count). The molecule has 1 atom stereocenters. The molecule has 0 aromatic carbocycles. The van der Waals surface area contributed by atoms with Crippen LogP contribution in [0.5, 0.6) is 0 Å². The minimum atomic E-state index is -0.869. The molecule has 2 heterocycles. The number of amides is 1. The van der Waals surface area contributed by atoms with E-state index >= 15 is 0 Å². The van der Waals surface area contributed by atoms with Gasteiger partial charge in [0.25, 0.3) is 0 Å². The maximum absolute atomic E-state index is 11.1. The molecule has 0 aliphatic rings. The van der Waals surface area contributed by atoms with E-state index in [4.69, 9.17) is 5.11 Å². The van der Waals surface area contributed by atoms with Crippen LogP contribution in [0.25, 0.3) is 11.2 Å². The van der Waals surface area contributed by atoms with E-state index in [-0.39, 0.29) is 6.04 Å². The van der Waals surface area contributed by atoms with E-state index in [1.807, 2.05) is 12.1 Å². The molecule has 1 unspecified atom stereocenters. The molecule has 6 nitrogen and oxygen atoms in total. The lowest BCUT2D eigenvalue weighted by atomic mass is 9.98. The Labute approximate surface area is 124 Å². The number of fused-ring (bicyclic) bond motifs is 1. The summed E-state index contributed by atoms with van der Waals surface area (Å²) in [4.78, 5) is 21.0. The van der Waals surface area contributed by atoms with Crippen molar-refractivity contribution in [2.24, 2.45) is 5.92 Å². The second-order valence-electron chi connectivity index (χ2n) is 5.63. The third-order valence-corrected chi connectivity index (χ3v) is 3.86. The third kappa shape index (κ3) is 3.51. The predicted octanol–water partition coefficient (Wildman–Crippen LogP) is 2.85. The van der Waals surface area contributed by atoms with E-state index in [0.717, 1.165) is 30.6 Å². The van der Waals surface area contributed by atoms with Crippen LogP contribution in [-0.2, 0) is 6.54 Å². The zero-order chi connectivity index (χ0) is 15.4. The van der Waals surface area contributed by atoms with Gasteiger partial charge >= 0.3 is 6.09 Å². The number of pyridine rings is 1. The zero-order valence-electron chi connectivity index (χ0n) is 12.7. The molecule has 1 amide bonds. The number of aryl methyl sites for hydroxylation is 1. The Morgan fingerprint density at radius 1 is 1.43 bits per heavy atom. The van der Waals surface area contributed by atoms with Crippen LogP contribution >= 0.6 is 0 Å². The highest BCUT2D eigenvalue weighted by atomic mass is 16.4. The highest BCUT2D eigenvalue weighted by Gasteiger charge is 2.22. The average molecular weight is 290 g/mol. The van der Waals surface area contributed by atoms with Crippen molar-refractivity contribution in [1.29, 1.82) is 0 Å². The quantitative estimate of drug-likeness (QED) is 0.888. The van der Waals surface area contributed by atoms with Crippen molar-refractivity contribution in [3.63, 3.8) is 0 Å². The minimum Gasteiger partial charge on any atom is -0.465 e. The molecule has 2 aromatic rings. The van der Waals surface area contributed by atoms with Crippen molar-refractivity contribution >= 4 is 17.3 Å². The monoisotopic (exact) mass is 290 g/mol. The van der Waals surface area contributed by atoms with Crippen molar-refractivity contribution in [3.05, 3.63) is 24.7 Å². The fraction of sp³-hybridized carbons (Fsp3) is 0.533. The molecule has 6 heteroatoms. The molecule has 0 radical (unpaired) electrons. The summed E-state index contributed by atoms with van der Waals surface area (Å²) in [6.45, 7) is 4.93. The van der Waals surface area contributed by atoms with E-state index in [9.17, 15) is 4.79 Å². The fourth-order valence-electron chi connectivity index (χ4n) is 2.66. The van der Waals surface area contributed by atoms with Gasteiger partial charge in [-0.2, -0.15) is 0 Å². The number of hydrogen-bond donors (Lipinski definition) is 1. The molecule has 1 N–H and O–H groups in total. The van der Waals surface area contributed by atoms with E-state index in [2.05, 4.69) is 28.4 Å². The van der Waals surface area contributed by atoms with Gasteiger partial charge in [-0.05, 0) is 30.9 Å². The minimum absolute atomic E-state index is 0.0374. The first-order valence-corrected chi connectivity index (χ1v) is 7.22. The van der Waals surface area contributed by atoms with Gasteiger partial charge < -0.3 is 14.6 Å². The second-order valence-corrected chi connectivity index (χ2v) is 5.63.